The van der Waals surface area contributed by atoms with Gasteiger partial charge in [-0.2, -0.15) is 0 Å². The van der Waals surface area contributed by atoms with Gasteiger partial charge in [0.2, 0.25) is 0 Å². The predicted octanol–water partition coefficient (Wildman–Crippen LogP) is 4.54. The van der Waals surface area contributed by atoms with Crippen molar-refractivity contribution in [3.8, 4) is 17.2 Å². The van der Waals surface area contributed by atoms with E-state index in [1.54, 1.807) is 48.5 Å². The Morgan fingerprint density at radius 1 is 0.633 bits per heavy atom. The summed E-state index contributed by atoms with van der Waals surface area (Å²) in [5.74, 6) is 0.763. The highest BCUT2D eigenvalue weighted by molar-refractivity contribution is 5.92. The van der Waals surface area contributed by atoms with Crippen LogP contribution in [0.4, 0.5) is 0 Å². The van der Waals surface area contributed by atoms with Gasteiger partial charge in [-0.3, -0.25) is 0 Å². The zero-order valence-electron chi connectivity index (χ0n) is 16.6. The molecule has 30 heavy (non-hydrogen) atoms. The van der Waals surface area contributed by atoms with Crippen molar-refractivity contribution in [1.82, 2.24) is 0 Å². The first-order valence-electron chi connectivity index (χ1n) is 9.56. The predicted molar refractivity (Wildman–Crippen MR) is 111 cm³/mol. The van der Waals surface area contributed by atoms with Crippen molar-refractivity contribution in [2.45, 2.75) is 6.92 Å². The van der Waals surface area contributed by atoms with E-state index in [4.69, 9.17) is 18.9 Å². The number of esters is 2. The number of benzene rings is 3. The quantitative estimate of drug-likeness (QED) is 0.295. The fraction of sp³-hybridized carbons (Fsp3) is 0.167. The fourth-order valence-electron chi connectivity index (χ4n) is 2.57. The third kappa shape index (κ3) is 6.10. The lowest BCUT2D eigenvalue weighted by atomic mass is 10.2. The van der Waals surface area contributed by atoms with Crippen LogP contribution in [0.25, 0.3) is 0 Å². The van der Waals surface area contributed by atoms with Crippen LogP contribution < -0.4 is 14.2 Å². The fourth-order valence-corrected chi connectivity index (χ4v) is 2.57. The van der Waals surface area contributed by atoms with Crippen molar-refractivity contribution >= 4 is 11.9 Å². The molecular formula is C24H22O6. The standard InChI is InChI=1S/C24H22O6/c1-2-27-21-12-8-19(9-13-21)24(26)30-22-14-10-18(11-15-22)23(25)29-17-16-28-20-6-4-3-5-7-20/h3-15H,2,16-17H2,1H3. The van der Waals surface area contributed by atoms with E-state index >= 15 is 0 Å². The smallest absolute Gasteiger partial charge is 0.343 e. The van der Waals surface area contributed by atoms with Gasteiger partial charge in [0, 0.05) is 0 Å². The minimum atomic E-state index is -0.494. The first-order valence-corrected chi connectivity index (χ1v) is 9.56. The minimum Gasteiger partial charge on any atom is -0.494 e. The highest BCUT2D eigenvalue weighted by Crippen LogP contribution is 2.17. The van der Waals surface area contributed by atoms with E-state index in [1.807, 2.05) is 37.3 Å². The van der Waals surface area contributed by atoms with Crippen molar-refractivity contribution < 1.29 is 28.5 Å². The molecule has 0 aromatic heterocycles. The molecule has 0 bridgehead atoms. The summed E-state index contributed by atoms with van der Waals surface area (Å²) in [5.41, 5.74) is 0.760. The molecule has 0 spiro atoms. The van der Waals surface area contributed by atoms with E-state index in [0.717, 1.165) is 0 Å². The second-order valence-corrected chi connectivity index (χ2v) is 6.17. The first-order chi connectivity index (χ1) is 14.7. The van der Waals surface area contributed by atoms with E-state index in [-0.39, 0.29) is 13.2 Å². The summed E-state index contributed by atoms with van der Waals surface area (Å²) in [6, 6.07) is 22.2. The Labute approximate surface area is 175 Å². The molecule has 0 heterocycles. The van der Waals surface area contributed by atoms with Crippen LogP contribution in [0.15, 0.2) is 78.9 Å². The third-order valence-corrected chi connectivity index (χ3v) is 4.03. The van der Waals surface area contributed by atoms with Gasteiger partial charge in [0.25, 0.3) is 0 Å². The number of para-hydroxylation sites is 1. The average Bonchev–Trinajstić information content (AvgIpc) is 2.78. The van der Waals surface area contributed by atoms with Gasteiger partial charge in [-0.15, -0.1) is 0 Å². The molecular weight excluding hydrogens is 384 g/mol. The molecule has 0 aliphatic carbocycles. The maximum Gasteiger partial charge on any atom is 0.343 e. The van der Waals surface area contributed by atoms with Gasteiger partial charge in [0.15, 0.2) is 0 Å². The summed E-state index contributed by atoms with van der Waals surface area (Å²) in [6.07, 6.45) is 0. The normalized spacial score (nSPS) is 10.2. The monoisotopic (exact) mass is 406 g/mol. The molecule has 0 aliphatic heterocycles. The summed E-state index contributed by atoms with van der Waals surface area (Å²) in [6.45, 7) is 2.83. The summed E-state index contributed by atoms with van der Waals surface area (Å²) in [5, 5.41) is 0. The lowest BCUT2D eigenvalue weighted by Crippen LogP contribution is -2.12. The van der Waals surface area contributed by atoms with Crippen LogP contribution in [0.3, 0.4) is 0 Å². The van der Waals surface area contributed by atoms with Crippen LogP contribution in [-0.4, -0.2) is 31.8 Å². The summed E-state index contributed by atoms with van der Waals surface area (Å²) >= 11 is 0. The largest absolute Gasteiger partial charge is 0.494 e. The number of ether oxygens (including phenoxy) is 4. The molecule has 154 valence electrons. The van der Waals surface area contributed by atoms with Gasteiger partial charge in [0.1, 0.15) is 30.5 Å². The Kier molecular flexibility index (Phi) is 7.44. The molecule has 0 fully saturated rings. The number of carbonyl (C=O) groups excluding carboxylic acids is 2. The molecule has 0 saturated heterocycles. The topological polar surface area (TPSA) is 71.1 Å². The van der Waals surface area contributed by atoms with Crippen LogP contribution in [0.1, 0.15) is 27.6 Å². The van der Waals surface area contributed by atoms with E-state index in [1.165, 1.54) is 0 Å². The van der Waals surface area contributed by atoms with Crippen molar-refractivity contribution in [3.63, 3.8) is 0 Å². The molecule has 0 saturated carbocycles. The molecule has 3 rings (SSSR count). The molecule has 3 aromatic rings. The van der Waals surface area contributed by atoms with Gasteiger partial charge >= 0.3 is 11.9 Å². The molecule has 0 radical (unpaired) electrons. The molecule has 6 nitrogen and oxygen atoms in total. The van der Waals surface area contributed by atoms with Crippen LogP contribution in [-0.2, 0) is 4.74 Å². The summed E-state index contributed by atoms with van der Waals surface area (Å²) in [4.78, 5) is 24.3. The van der Waals surface area contributed by atoms with Gasteiger partial charge in [0.05, 0.1) is 17.7 Å². The van der Waals surface area contributed by atoms with Crippen LogP contribution in [0, 0.1) is 0 Å². The lowest BCUT2D eigenvalue weighted by molar-refractivity contribution is 0.0450. The second-order valence-electron chi connectivity index (χ2n) is 6.17. The first kappa shape index (κ1) is 20.9. The van der Waals surface area contributed by atoms with Crippen LogP contribution >= 0.6 is 0 Å². The van der Waals surface area contributed by atoms with E-state index < -0.39 is 11.9 Å². The molecule has 0 aliphatic rings. The van der Waals surface area contributed by atoms with E-state index in [2.05, 4.69) is 0 Å². The average molecular weight is 406 g/mol. The number of hydrogen-bond acceptors (Lipinski definition) is 6. The zero-order chi connectivity index (χ0) is 21.2. The van der Waals surface area contributed by atoms with Crippen LogP contribution in [0.5, 0.6) is 17.2 Å². The molecule has 0 atom stereocenters. The molecule has 6 heteroatoms. The molecule has 3 aromatic carbocycles. The lowest BCUT2D eigenvalue weighted by Gasteiger charge is -2.08. The highest BCUT2D eigenvalue weighted by atomic mass is 16.6. The summed E-state index contributed by atoms with van der Waals surface area (Å²) in [7, 11) is 0. The molecule has 0 amide bonds. The van der Waals surface area contributed by atoms with Crippen molar-refractivity contribution in [2.24, 2.45) is 0 Å². The SMILES string of the molecule is CCOc1ccc(C(=O)Oc2ccc(C(=O)OCCOc3ccccc3)cc2)cc1. The van der Waals surface area contributed by atoms with Gasteiger partial charge < -0.3 is 18.9 Å². The van der Waals surface area contributed by atoms with Crippen molar-refractivity contribution in [2.75, 3.05) is 19.8 Å². The van der Waals surface area contributed by atoms with Crippen LogP contribution in [0.2, 0.25) is 0 Å². The van der Waals surface area contributed by atoms with Gasteiger partial charge in [-0.25, -0.2) is 9.59 Å². The maximum atomic E-state index is 12.2. The van der Waals surface area contributed by atoms with Gasteiger partial charge in [-0.05, 0) is 67.6 Å². The molecule has 0 N–H and O–H groups in total. The Hall–Kier alpha value is -3.80. The number of hydrogen-bond donors (Lipinski definition) is 0. The van der Waals surface area contributed by atoms with E-state index in [0.29, 0.717) is 35.0 Å². The number of carbonyl (C=O) groups is 2. The molecule has 0 unspecified atom stereocenters. The Morgan fingerprint density at radius 3 is 1.83 bits per heavy atom. The Balaban J connectivity index is 1.46. The highest BCUT2D eigenvalue weighted by Gasteiger charge is 2.11. The number of rotatable bonds is 9. The second kappa shape index (κ2) is 10.7. The van der Waals surface area contributed by atoms with Crippen molar-refractivity contribution in [1.29, 1.82) is 0 Å². The zero-order valence-corrected chi connectivity index (χ0v) is 16.6. The maximum absolute atomic E-state index is 12.2. The summed E-state index contributed by atoms with van der Waals surface area (Å²) < 4.78 is 21.3. The van der Waals surface area contributed by atoms with Crippen molar-refractivity contribution in [3.05, 3.63) is 90.0 Å². The Morgan fingerprint density at radius 2 is 1.20 bits per heavy atom. The third-order valence-electron chi connectivity index (χ3n) is 4.03. The Bertz CT molecular complexity index is 949. The minimum absolute atomic E-state index is 0.127. The van der Waals surface area contributed by atoms with Gasteiger partial charge in [-0.1, -0.05) is 18.2 Å². The van der Waals surface area contributed by atoms with E-state index in [9.17, 15) is 9.59 Å².